The molecule has 0 amide bonds. The van der Waals surface area contributed by atoms with E-state index in [1.165, 1.54) is 12.3 Å². The smallest absolute Gasteiger partial charge is 0.422 e. The van der Waals surface area contributed by atoms with Crippen molar-refractivity contribution in [3.05, 3.63) is 41.9 Å². The first-order valence-electron chi connectivity index (χ1n) is 9.62. The van der Waals surface area contributed by atoms with Crippen LogP contribution in [0, 0.1) is 0 Å². The molecule has 0 bridgehead atoms. The van der Waals surface area contributed by atoms with Gasteiger partial charge in [-0.05, 0) is 18.6 Å². The van der Waals surface area contributed by atoms with E-state index in [4.69, 9.17) is 9.47 Å². The van der Waals surface area contributed by atoms with Gasteiger partial charge in [0.2, 0.25) is 5.88 Å². The zero-order valence-electron chi connectivity index (χ0n) is 17.3. The summed E-state index contributed by atoms with van der Waals surface area (Å²) in [4.78, 5) is 10.6. The van der Waals surface area contributed by atoms with Crippen LogP contribution in [0.3, 0.4) is 0 Å². The number of alkyl halides is 3. The van der Waals surface area contributed by atoms with Gasteiger partial charge in [-0.15, -0.1) is 24.0 Å². The topological polar surface area (TPSA) is 76.8 Å². The lowest BCUT2D eigenvalue weighted by molar-refractivity contribution is -0.154. The van der Waals surface area contributed by atoms with Crippen LogP contribution in [-0.2, 0) is 18.3 Å². The van der Waals surface area contributed by atoms with Gasteiger partial charge >= 0.3 is 6.18 Å². The SMILES string of the molecule is CCNC(=NCc1ccnc(OCC(F)(F)F)c1)N1CCOC(c2cnn(C)c2)C1.I. The number of rotatable bonds is 6. The quantitative estimate of drug-likeness (QED) is 0.337. The Morgan fingerprint density at radius 1 is 1.42 bits per heavy atom. The first kappa shape index (κ1) is 25.2. The number of hydrogen-bond donors (Lipinski definition) is 1. The minimum atomic E-state index is -4.41. The third kappa shape index (κ3) is 7.83. The highest BCUT2D eigenvalue weighted by molar-refractivity contribution is 14.0. The highest BCUT2D eigenvalue weighted by atomic mass is 127. The number of aliphatic imine (C=N–C) groups is 1. The zero-order chi connectivity index (χ0) is 21.6. The number of guanidine groups is 1. The van der Waals surface area contributed by atoms with Crippen molar-refractivity contribution in [2.75, 3.05) is 32.8 Å². The van der Waals surface area contributed by atoms with Crippen LogP contribution >= 0.6 is 24.0 Å². The summed E-state index contributed by atoms with van der Waals surface area (Å²) in [6.45, 7) is 3.41. The van der Waals surface area contributed by atoms with Crippen LogP contribution in [0.5, 0.6) is 5.88 Å². The maximum absolute atomic E-state index is 12.3. The average Bonchev–Trinajstić information content (AvgIpc) is 3.16. The Bertz CT molecular complexity index is 861. The van der Waals surface area contributed by atoms with Crippen LogP contribution in [0.2, 0.25) is 0 Å². The highest BCUT2D eigenvalue weighted by Gasteiger charge is 2.28. The van der Waals surface area contributed by atoms with Gasteiger partial charge in [0.15, 0.2) is 12.6 Å². The van der Waals surface area contributed by atoms with Gasteiger partial charge in [-0.2, -0.15) is 18.3 Å². The zero-order valence-corrected chi connectivity index (χ0v) is 19.6. The number of nitrogens with zero attached hydrogens (tertiary/aromatic N) is 5. The minimum absolute atomic E-state index is 0. The molecule has 1 aliphatic rings. The number of morpholine rings is 1. The normalized spacial score (nSPS) is 17.3. The van der Waals surface area contributed by atoms with E-state index in [-0.39, 0.29) is 42.5 Å². The summed E-state index contributed by atoms with van der Waals surface area (Å²) in [5.41, 5.74) is 1.70. The van der Waals surface area contributed by atoms with Gasteiger partial charge in [-0.25, -0.2) is 9.98 Å². The average molecular weight is 554 g/mol. The number of aromatic nitrogens is 3. The van der Waals surface area contributed by atoms with E-state index in [1.54, 1.807) is 16.9 Å². The molecule has 31 heavy (non-hydrogen) atoms. The molecule has 0 radical (unpaired) electrons. The van der Waals surface area contributed by atoms with Crippen molar-refractivity contribution in [3.63, 3.8) is 0 Å². The minimum Gasteiger partial charge on any atom is -0.468 e. The van der Waals surface area contributed by atoms with Crippen molar-refractivity contribution in [2.45, 2.75) is 25.7 Å². The van der Waals surface area contributed by atoms with Crippen molar-refractivity contribution in [3.8, 4) is 5.88 Å². The van der Waals surface area contributed by atoms with Crippen molar-refractivity contribution in [1.82, 2.24) is 25.0 Å². The molecule has 1 unspecified atom stereocenters. The van der Waals surface area contributed by atoms with Gasteiger partial charge < -0.3 is 19.7 Å². The Balaban J connectivity index is 0.00000341. The van der Waals surface area contributed by atoms with E-state index in [9.17, 15) is 13.2 Å². The van der Waals surface area contributed by atoms with E-state index in [1.807, 2.05) is 20.2 Å². The number of halogens is 4. The molecule has 1 N–H and O–H groups in total. The Labute approximate surface area is 195 Å². The maximum atomic E-state index is 12.3. The molecule has 0 spiro atoms. The molecule has 0 aliphatic carbocycles. The van der Waals surface area contributed by atoms with Crippen LogP contribution in [0.1, 0.15) is 24.2 Å². The second-order valence-corrected chi connectivity index (χ2v) is 6.83. The predicted octanol–water partition coefficient (Wildman–Crippen LogP) is 2.91. The van der Waals surface area contributed by atoms with Gasteiger partial charge in [0.05, 0.1) is 25.9 Å². The van der Waals surface area contributed by atoms with Gasteiger partial charge in [-0.1, -0.05) is 0 Å². The largest absolute Gasteiger partial charge is 0.468 e. The number of ether oxygens (including phenoxy) is 2. The molecule has 0 aromatic carbocycles. The molecule has 2 aromatic heterocycles. The first-order valence-corrected chi connectivity index (χ1v) is 9.62. The lowest BCUT2D eigenvalue weighted by Crippen LogP contribution is -2.48. The summed E-state index contributed by atoms with van der Waals surface area (Å²) in [7, 11) is 1.86. The Morgan fingerprint density at radius 3 is 2.90 bits per heavy atom. The van der Waals surface area contributed by atoms with Crippen LogP contribution in [0.15, 0.2) is 35.7 Å². The molecule has 1 fully saturated rings. The predicted molar refractivity (Wildman–Crippen MR) is 119 cm³/mol. The van der Waals surface area contributed by atoms with E-state index < -0.39 is 12.8 Å². The lowest BCUT2D eigenvalue weighted by Gasteiger charge is -2.34. The molecule has 8 nitrogen and oxygen atoms in total. The van der Waals surface area contributed by atoms with Crippen LogP contribution in [0.4, 0.5) is 13.2 Å². The second-order valence-electron chi connectivity index (χ2n) is 6.83. The van der Waals surface area contributed by atoms with Crippen molar-refractivity contribution in [2.24, 2.45) is 12.0 Å². The van der Waals surface area contributed by atoms with E-state index >= 15 is 0 Å². The lowest BCUT2D eigenvalue weighted by atomic mass is 10.1. The molecule has 1 saturated heterocycles. The Morgan fingerprint density at radius 2 is 2.23 bits per heavy atom. The molecule has 12 heteroatoms. The first-order chi connectivity index (χ1) is 14.3. The number of aryl methyl sites for hydroxylation is 1. The van der Waals surface area contributed by atoms with Gasteiger partial charge in [0.25, 0.3) is 0 Å². The molecule has 1 aliphatic heterocycles. The molecular formula is C19H26F3IN6O2. The molecule has 0 saturated carbocycles. The standard InChI is InChI=1S/C19H25F3N6O2.HI/c1-3-23-18(28-6-7-29-16(12-28)15-10-26-27(2)11-15)25-9-14-4-5-24-17(8-14)30-13-19(20,21)22;/h4-5,8,10-11,16H,3,6-7,9,12-13H2,1-2H3,(H,23,25);1H. The molecule has 2 aromatic rings. The second kappa shape index (κ2) is 11.5. The maximum Gasteiger partial charge on any atom is 0.422 e. The summed E-state index contributed by atoms with van der Waals surface area (Å²) in [6.07, 6.45) is 0.612. The summed E-state index contributed by atoms with van der Waals surface area (Å²) in [5, 5.41) is 7.46. The third-order valence-electron chi connectivity index (χ3n) is 4.39. The summed E-state index contributed by atoms with van der Waals surface area (Å²) >= 11 is 0. The van der Waals surface area contributed by atoms with Gasteiger partial charge in [0.1, 0.15) is 6.10 Å². The molecule has 1 atom stereocenters. The van der Waals surface area contributed by atoms with Crippen molar-refractivity contribution in [1.29, 1.82) is 0 Å². The molecule has 3 heterocycles. The molecule has 3 rings (SSSR count). The van der Waals surface area contributed by atoms with Crippen molar-refractivity contribution < 1.29 is 22.6 Å². The van der Waals surface area contributed by atoms with Gasteiger partial charge in [0, 0.05) is 44.2 Å². The van der Waals surface area contributed by atoms with Gasteiger partial charge in [-0.3, -0.25) is 4.68 Å². The van der Waals surface area contributed by atoms with Crippen LogP contribution < -0.4 is 10.1 Å². The molecule has 172 valence electrons. The molecular weight excluding hydrogens is 528 g/mol. The fourth-order valence-electron chi connectivity index (χ4n) is 3.03. The fraction of sp³-hybridized carbons (Fsp3) is 0.526. The number of nitrogens with one attached hydrogen (secondary N) is 1. The number of pyridine rings is 1. The van der Waals surface area contributed by atoms with E-state index in [0.717, 1.165) is 5.56 Å². The fourth-order valence-corrected chi connectivity index (χ4v) is 3.03. The third-order valence-corrected chi connectivity index (χ3v) is 4.39. The van der Waals surface area contributed by atoms with E-state index in [2.05, 4.69) is 25.3 Å². The monoisotopic (exact) mass is 554 g/mol. The Kier molecular flexibility index (Phi) is 9.34. The number of hydrogen-bond acceptors (Lipinski definition) is 5. The van der Waals surface area contributed by atoms with E-state index in [0.29, 0.717) is 37.8 Å². The Hall–Kier alpha value is -2.09. The van der Waals surface area contributed by atoms with Crippen molar-refractivity contribution >= 4 is 29.9 Å². The van der Waals surface area contributed by atoms with Crippen LogP contribution in [0.25, 0.3) is 0 Å². The van der Waals surface area contributed by atoms with Crippen LogP contribution in [-0.4, -0.2) is 64.6 Å². The summed E-state index contributed by atoms with van der Waals surface area (Å²) in [5.74, 6) is 0.636. The summed E-state index contributed by atoms with van der Waals surface area (Å²) < 4.78 is 49.3. The summed E-state index contributed by atoms with van der Waals surface area (Å²) in [6, 6.07) is 3.17. The highest BCUT2D eigenvalue weighted by Crippen LogP contribution is 2.22.